The van der Waals surface area contributed by atoms with Gasteiger partial charge in [0.25, 0.3) is 0 Å². The molecule has 0 aliphatic carbocycles. The molecule has 4 nitrogen and oxygen atoms in total. The highest BCUT2D eigenvalue weighted by atomic mass is 79.9. The van der Waals surface area contributed by atoms with E-state index in [4.69, 9.17) is 4.74 Å². The van der Waals surface area contributed by atoms with Gasteiger partial charge in [0, 0.05) is 18.0 Å². The number of aliphatic hydroxyl groups excluding tert-OH is 1. The van der Waals surface area contributed by atoms with Crippen LogP contribution in [0.4, 0.5) is 0 Å². The lowest BCUT2D eigenvalue weighted by Crippen LogP contribution is -2.37. The van der Waals surface area contributed by atoms with Gasteiger partial charge in [0.05, 0.1) is 18.8 Å². The fourth-order valence-electron chi connectivity index (χ4n) is 1.55. The molecule has 1 aromatic carbocycles. The van der Waals surface area contributed by atoms with Gasteiger partial charge in [0.15, 0.2) is 0 Å². The monoisotopic (exact) mass is 315 g/mol. The molecule has 0 spiro atoms. The Labute approximate surface area is 115 Å². The number of nitrogens with one attached hydrogen (secondary N) is 1. The summed E-state index contributed by atoms with van der Waals surface area (Å²) >= 11 is 3.34. The third-order valence-corrected chi connectivity index (χ3v) is 3.14. The molecule has 1 aromatic rings. The second kappa shape index (κ2) is 7.51. The van der Waals surface area contributed by atoms with Gasteiger partial charge in [-0.15, -0.1) is 0 Å². The number of methoxy groups -OCH3 is 1. The molecule has 0 aliphatic heterocycles. The highest BCUT2D eigenvalue weighted by Gasteiger charge is 2.18. The minimum absolute atomic E-state index is 0.125. The third-order valence-electron chi connectivity index (χ3n) is 2.61. The van der Waals surface area contributed by atoms with Crippen molar-refractivity contribution in [2.45, 2.75) is 25.5 Å². The molecule has 1 rings (SSSR count). The van der Waals surface area contributed by atoms with Crippen LogP contribution >= 0.6 is 15.9 Å². The zero-order valence-corrected chi connectivity index (χ0v) is 12.1. The zero-order valence-electron chi connectivity index (χ0n) is 10.5. The van der Waals surface area contributed by atoms with Gasteiger partial charge < -0.3 is 15.2 Å². The lowest BCUT2D eigenvalue weighted by atomic mass is 10.0. The standard InChI is InChI=1S/C13H18BrNO3/c1-9(15-12(16)7-8-18-2)13(17)10-3-5-11(14)6-4-10/h3-6,9,13,17H,7-8H2,1-2H3,(H,15,16). The predicted octanol–water partition coefficient (Wildman–Crippen LogP) is 2.02. The van der Waals surface area contributed by atoms with E-state index in [-0.39, 0.29) is 11.9 Å². The molecule has 0 saturated carbocycles. The normalized spacial score (nSPS) is 14.0. The second-order valence-corrected chi connectivity index (χ2v) is 5.01. The van der Waals surface area contributed by atoms with E-state index in [9.17, 15) is 9.90 Å². The summed E-state index contributed by atoms with van der Waals surface area (Å²) < 4.78 is 5.78. The molecule has 1 amide bonds. The molecular weight excluding hydrogens is 298 g/mol. The fraction of sp³-hybridized carbons (Fsp3) is 0.462. The van der Waals surface area contributed by atoms with Crippen molar-refractivity contribution in [1.29, 1.82) is 0 Å². The maximum absolute atomic E-state index is 11.5. The summed E-state index contributed by atoms with van der Waals surface area (Å²) in [5.74, 6) is -0.125. The van der Waals surface area contributed by atoms with Gasteiger partial charge in [-0.3, -0.25) is 4.79 Å². The molecule has 0 aromatic heterocycles. The number of aliphatic hydroxyl groups is 1. The Morgan fingerprint density at radius 1 is 1.44 bits per heavy atom. The molecule has 0 radical (unpaired) electrons. The Morgan fingerprint density at radius 3 is 2.61 bits per heavy atom. The Balaban J connectivity index is 2.53. The van der Waals surface area contributed by atoms with E-state index in [1.807, 2.05) is 24.3 Å². The lowest BCUT2D eigenvalue weighted by molar-refractivity contribution is -0.123. The van der Waals surface area contributed by atoms with Gasteiger partial charge >= 0.3 is 0 Å². The van der Waals surface area contributed by atoms with E-state index in [1.165, 1.54) is 0 Å². The highest BCUT2D eigenvalue weighted by molar-refractivity contribution is 9.10. The smallest absolute Gasteiger partial charge is 0.222 e. The number of rotatable bonds is 6. The number of ether oxygens (including phenoxy) is 1. The highest BCUT2D eigenvalue weighted by Crippen LogP contribution is 2.19. The predicted molar refractivity (Wildman–Crippen MR) is 73.2 cm³/mol. The zero-order chi connectivity index (χ0) is 13.5. The summed E-state index contributed by atoms with van der Waals surface area (Å²) in [4.78, 5) is 11.5. The molecule has 0 aliphatic rings. The van der Waals surface area contributed by atoms with Crippen molar-refractivity contribution in [1.82, 2.24) is 5.32 Å². The first kappa shape index (κ1) is 15.1. The van der Waals surface area contributed by atoms with E-state index in [1.54, 1.807) is 14.0 Å². The number of hydrogen-bond donors (Lipinski definition) is 2. The molecule has 18 heavy (non-hydrogen) atoms. The Hall–Kier alpha value is -0.910. The topological polar surface area (TPSA) is 58.6 Å². The van der Waals surface area contributed by atoms with Crippen LogP contribution in [0.1, 0.15) is 25.0 Å². The molecule has 0 fully saturated rings. The molecular formula is C13H18BrNO3. The fourth-order valence-corrected chi connectivity index (χ4v) is 1.81. The van der Waals surface area contributed by atoms with Crippen LogP contribution in [-0.2, 0) is 9.53 Å². The number of benzene rings is 1. The summed E-state index contributed by atoms with van der Waals surface area (Å²) in [7, 11) is 1.55. The van der Waals surface area contributed by atoms with Gasteiger partial charge in [0.2, 0.25) is 5.91 Å². The van der Waals surface area contributed by atoms with Gasteiger partial charge in [-0.25, -0.2) is 0 Å². The Morgan fingerprint density at radius 2 is 2.06 bits per heavy atom. The van der Waals surface area contributed by atoms with Crippen LogP contribution in [-0.4, -0.2) is 30.8 Å². The van der Waals surface area contributed by atoms with E-state index in [0.717, 1.165) is 10.0 Å². The maximum Gasteiger partial charge on any atom is 0.222 e. The van der Waals surface area contributed by atoms with Crippen LogP contribution in [0.15, 0.2) is 28.7 Å². The first-order valence-electron chi connectivity index (χ1n) is 5.76. The second-order valence-electron chi connectivity index (χ2n) is 4.10. The minimum atomic E-state index is -0.718. The maximum atomic E-state index is 11.5. The quantitative estimate of drug-likeness (QED) is 0.844. The van der Waals surface area contributed by atoms with Gasteiger partial charge in [-0.2, -0.15) is 0 Å². The van der Waals surface area contributed by atoms with Crippen molar-refractivity contribution in [3.05, 3.63) is 34.3 Å². The number of halogens is 1. The molecule has 2 N–H and O–H groups in total. The third kappa shape index (κ3) is 4.76. The molecule has 2 atom stereocenters. The number of amides is 1. The van der Waals surface area contributed by atoms with Gasteiger partial charge in [-0.1, -0.05) is 28.1 Å². The van der Waals surface area contributed by atoms with Gasteiger partial charge in [-0.05, 0) is 24.6 Å². The minimum Gasteiger partial charge on any atom is -0.386 e. The summed E-state index contributed by atoms with van der Waals surface area (Å²) in [6.45, 7) is 2.16. The van der Waals surface area contributed by atoms with Crippen LogP contribution in [0.2, 0.25) is 0 Å². The van der Waals surface area contributed by atoms with Crippen LogP contribution in [0, 0.1) is 0 Å². The van der Waals surface area contributed by atoms with Crippen molar-refractivity contribution >= 4 is 21.8 Å². The van der Waals surface area contributed by atoms with Crippen molar-refractivity contribution in [2.75, 3.05) is 13.7 Å². The molecule has 5 heteroatoms. The van der Waals surface area contributed by atoms with Crippen molar-refractivity contribution in [3.8, 4) is 0 Å². The molecule has 0 saturated heterocycles. The summed E-state index contributed by atoms with van der Waals surface area (Å²) in [5, 5.41) is 12.8. The van der Waals surface area contributed by atoms with E-state index >= 15 is 0 Å². The number of carbonyl (C=O) groups excluding carboxylic acids is 1. The SMILES string of the molecule is COCCC(=O)NC(C)C(O)c1ccc(Br)cc1. The van der Waals surface area contributed by atoms with Crippen LogP contribution in [0.25, 0.3) is 0 Å². The summed E-state index contributed by atoms with van der Waals surface area (Å²) in [5.41, 5.74) is 0.776. The van der Waals surface area contributed by atoms with Crippen LogP contribution in [0.3, 0.4) is 0 Å². The van der Waals surface area contributed by atoms with Gasteiger partial charge in [0.1, 0.15) is 0 Å². The average Bonchev–Trinajstić information content (AvgIpc) is 2.36. The van der Waals surface area contributed by atoms with Crippen LogP contribution in [0.5, 0.6) is 0 Å². The average molecular weight is 316 g/mol. The Bertz CT molecular complexity index is 380. The van der Waals surface area contributed by atoms with Crippen LogP contribution < -0.4 is 5.32 Å². The lowest BCUT2D eigenvalue weighted by Gasteiger charge is -2.20. The van der Waals surface area contributed by atoms with E-state index < -0.39 is 6.10 Å². The summed E-state index contributed by atoms with van der Waals surface area (Å²) in [6, 6.07) is 7.03. The molecule has 0 bridgehead atoms. The first-order chi connectivity index (χ1) is 8.54. The Kier molecular flexibility index (Phi) is 6.32. The van der Waals surface area contributed by atoms with Crippen molar-refractivity contribution in [3.63, 3.8) is 0 Å². The number of hydrogen-bond acceptors (Lipinski definition) is 3. The number of carbonyl (C=O) groups is 1. The summed E-state index contributed by atoms with van der Waals surface area (Å²) in [6.07, 6.45) is -0.418. The van der Waals surface area contributed by atoms with E-state index in [2.05, 4.69) is 21.2 Å². The molecule has 0 heterocycles. The largest absolute Gasteiger partial charge is 0.386 e. The van der Waals surface area contributed by atoms with Crippen molar-refractivity contribution < 1.29 is 14.6 Å². The first-order valence-corrected chi connectivity index (χ1v) is 6.55. The van der Waals surface area contributed by atoms with Crippen molar-refractivity contribution in [2.24, 2.45) is 0 Å². The molecule has 100 valence electrons. The van der Waals surface area contributed by atoms with E-state index in [0.29, 0.717) is 13.0 Å². The molecule has 2 unspecified atom stereocenters.